The summed E-state index contributed by atoms with van der Waals surface area (Å²) in [6.07, 6.45) is 3.77. The van der Waals surface area contributed by atoms with Gasteiger partial charge in [0.1, 0.15) is 5.82 Å². The number of H-pyrrole nitrogens is 1. The Balaban J connectivity index is 1.85. The Labute approximate surface area is 101 Å². The van der Waals surface area contributed by atoms with Gasteiger partial charge in [0.05, 0.1) is 6.20 Å². The summed E-state index contributed by atoms with van der Waals surface area (Å²) < 4.78 is 26.2. The third-order valence-corrected chi connectivity index (χ3v) is 4.26. The van der Waals surface area contributed by atoms with Crippen molar-refractivity contribution >= 4 is 10.0 Å². The number of likely N-dealkylation sites (tertiary alicyclic amines) is 1. The summed E-state index contributed by atoms with van der Waals surface area (Å²) in [5.74, 6) is 0.602. The first-order valence-electron chi connectivity index (χ1n) is 5.81. The van der Waals surface area contributed by atoms with E-state index in [1.807, 2.05) is 0 Å². The fourth-order valence-corrected chi connectivity index (χ4v) is 2.95. The van der Waals surface area contributed by atoms with E-state index in [4.69, 9.17) is 0 Å². The molecule has 0 saturated carbocycles. The molecule has 1 aliphatic rings. The Morgan fingerprint density at radius 1 is 1.47 bits per heavy atom. The standard InChI is InChI=1S/C10H18N4O2S/c1-9-11-8-10(13-9)17(15,16)12-4-7-14-5-2-3-6-14/h8,12H,2-7H2,1H3,(H,11,13). The number of nitrogens with zero attached hydrogens (tertiary/aromatic N) is 2. The minimum Gasteiger partial charge on any atom is -0.332 e. The smallest absolute Gasteiger partial charge is 0.257 e. The van der Waals surface area contributed by atoms with Crippen LogP contribution in [0.3, 0.4) is 0 Å². The lowest BCUT2D eigenvalue weighted by molar-refractivity contribution is 0.344. The molecule has 0 aliphatic carbocycles. The van der Waals surface area contributed by atoms with Crippen LogP contribution in [-0.2, 0) is 10.0 Å². The predicted octanol–water partition coefficient (Wildman–Crippen LogP) is 0.0922. The molecule has 1 aliphatic heterocycles. The molecule has 6 nitrogen and oxygen atoms in total. The second-order valence-electron chi connectivity index (χ2n) is 4.28. The van der Waals surface area contributed by atoms with Gasteiger partial charge in [-0.1, -0.05) is 0 Å². The highest BCUT2D eigenvalue weighted by molar-refractivity contribution is 7.89. The van der Waals surface area contributed by atoms with Crippen LogP contribution in [0.1, 0.15) is 18.7 Å². The van der Waals surface area contributed by atoms with E-state index in [9.17, 15) is 8.42 Å². The third-order valence-electron chi connectivity index (χ3n) is 2.89. The number of sulfonamides is 1. The Hall–Kier alpha value is -0.920. The highest BCUT2D eigenvalue weighted by atomic mass is 32.2. The fourth-order valence-electron chi connectivity index (χ4n) is 1.96. The normalized spacial score (nSPS) is 17.7. The summed E-state index contributed by atoms with van der Waals surface area (Å²) in [5.41, 5.74) is 0. The van der Waals surface area contributed by atoms with E-state index in [0.29, 0.717) is 12.4 Å². The summed E-state index contributed by atoms with van der Waals surface area (Å²) in [6, 6.07) is 0. The minimum absolute atomic E-state index is 0.136. The molecule has 0 atom stereocenters. The number of aryl methyl sites for hydroxylation is 1. The summed E-state index contributed by atoms with van der Waals surface area (Å²) in [4.78, 5) is 8.87. The van der Waals surface area contributed by atoms with Gasteiger partial charge in [0.25, 0.3) is 10.0 Å². The molecule has 0 bridgehead atoms. The Morgan fingerprint density at radius 3 is 2.76 bits per heavy atom. The highest BCUT2D eigenvalue weighted by Crippen LogP contribution is 2.07. The lowest BCUT2D eigenvalue weighted by Crippen LogP contribution is -2.33. The quantitative estimate of drug-likeness (QED) is 0.785. The second-order valence-corrected chi connectivity index (χ2v) is 6.01. The molecule has 0 radical (unpaired) electrons. The van der Waals surface area contributed by atoms with E-state index < -0.39 is 10.0 Å². The van der Waals surface area contributed by atoms with Crippen molar-refractivity contribution in [3.63, 3.8) is 0 Å². The maximum atomic E-state index is 11.8. The molecule has 1 aromatic heterocycles. The molecule has 2 N–H and O–H groups in total. The second kappa shape index (κ2) is 5.16. The molecular weight excluding hydrogens is 240 g/mol. The number of aromatic nitrogens is 2. The molecule has 1 aromatic rings. The van der Waals surface area contributed by atoms with Crippen molar-refractivity contribution in [3.8, 4) is 0 Å². The molecule has 96 valence electrons. The van der Waals surface area contributed by atoms with Crippen LogP contribution in [0, 0.1) is 6.92 Å². The highest BCUT2D eigenvalue weighted by Gasteiger charge is 2.17. The van der Waals surface area contributed by atoms with Gasteiger partial charge in [-0.3, -0.25) is 0 Å². The molecule has 1 saturated heterocycles. The lowest BCUT2D eigenvalue weighted by Gasteiger charge is -2.14. The van der Waals surface area contributed by atoms with Gasteiger partial charge in [-0.2, -0.15) is 0 Å². The third kappa shape index (κ3) is 3.27. The van der Waals surface area contributed by atoms with Crippen molar-refractivity contribution in [1.82, 2.24) is 19.6 Å². The van der Waals surface area contributed by atoms with Crippen molar-refractivity contribution in [3.05, 3.63) is 12.0 Å². The van der Waals surface area contributed by atoms with Crippen LogP contribution in [0.25, 0.3) is 0 Å². The molecular formula is C10H18N4O2S. The molecule has 0 amide bonds. The molecule has 2 heterocycles. The van der Waals surface area contributed by atoms with Crippen LogP contribution in [-0.4, -0.2) is 49.5 Å². The topological polar surface area (TPSA) is 78.1 Å². The molecule has 17 heavy (non-hydrogen) atoms. The fraction of sp³-hybridized carbons (Fsp3) is 0.700. The molecule has 0 unspecified atom stereocenters. The summed E-state index contributed by atoms with van der Waals surface area (Å²) >= 11 is 0. The van der Waals surface area contributed by atoms with Crippen LogP contribution >= 0.6 is 0 Å². The zero-order valence-corrected chi connectivity index (χ0v) is 10.8. The minimum atomic E-state index is -3.43. The number of aromatic amines is 1. The summed E-state index contributed by atoms with van der Waals surface area (Å²) in [5, 5.41) is 0.136. The van der Waals surface area contributed by atoms with E-state index in [1.165, 1.54) is 19.0 Å². The number of imidazole rings is 1. The van der Waals surface area contributed by atoms with E-state index >= 15 is 0 Å². The van der Waals surface area contributed by atoms with Gasteiger partial charge in [-0.15, -0.1) is 0 Å². The molecule has 0 spiro atoms. The Morgan fingerprint density at radius 2 is 2.18 bits per heavy atom. The zero-order valence-electron chi connectivity index (χ0n) is 9.94. The lowest BCUT2D eigenvalue weighted by atomic mass is 10.4. The van der Waals surface area contributed by atoms with Crippen molar-refractivity contribution < 1.29 is 8.42 Å². The van der Waals surface area contributed by atoms with Gasteiger partial charge < -0.3 is 9.88 Å². The van der Waals surface area contributed by atoms with Gasteiger partial charge in [0.2, 0.25) is 0 Å². The summed E-state index contributed by atoms with van der Waals surface area (Å²) in [7, 11) is -3.43. The van der Waals surface area contributed by atoms with Crippen molar-refractivity contribution in [2.45, 2.75) is 24.8 Å². The first-order valence-corrected chi connectivity index (χ1v) is 7.30. The van der Waals surface area contributed by atoms with Crippen LogP contribution in [0.15, 0.2) is 11.2 Å². The zero-order chi connectivity index (χ0) is 12.3. The van der Waals surface area contributed by atoms with Crippen LogP contribution in [0.5, 0.6) is 0 Å². The number of hydrogen-bond acceptors (Lipinski definition) is 4. The number of hydrogen-bond donors (Lipinski definition) is 2. The average Bonchev–Trinajstić information content (AvgIpc) is 2.89. The molecule has 0 aromatic carbocycles. The van der Waals surface area contributed by atoms with Crippen LogP contribution in [0.2, 0.25) is 0 Å². The van der Waals surface area contributed by atoms with E-state index in [1.54, 1.807) is 6.92 Å². The maximum absolute atomic E-state index is 11.8. The maximum Gasteiger partial charge on any atom is 0.257 e. The molecule has 2 rings (SSSR count). The van der Waals surface area contributed by atoms with E-state index in [0.717, 1.165) is 19.6 Å². The van der Waals surface area contributed by atoms with E-state index in [-0.39, 0.29) is 5.03 Å². The van der Waals surface area contributed by atoms with Gasteiger partial charge in [-0.25, -0.2) is 18.1 Å². The predicted molar refractivity (Wildman–Crippen MR) is 64.2 cm³/mol. The van der Waals surface area contributed by atoms with Gasteiger partial charge >= 0.3 is 0 Å². The van der Waals surface area contributed by atoms with E-state index in [2.05, 4.69) is 19.6 Å². The SMILES string of the molecule is Cc1ncc(S(=O)(=O)NCCN2CCCC2)[nH]1. The Kier molecular flexibility index (Phi) is 3.80. The average molecular weight is 258 g/mol. The van der Waals surface area contributed by atoms with Crippen LogP contribution in [0.4, 0.5) is 0 Å². The number of rotatable bonds is 5. The van der Waals surface area contributed by atoms with Gasteiger partial charge in [-0.05, 0) is 32.9 Å². The molecule has 1 fully saturated rings. The first-order chi connectivity index (χ1) is 8.08. The number of nitrogens with one attached hydrogen (secondary N) is 2. The Bertz CT molecular complexity index is 462. The van der Waals surface area contributed by atoms with Gasteiger partial charge in [0, 0.05) is 13.1 Å². The largest absolute Gasteiger partial charge is 0.332 e. The van der Waals surface area contributed by atoms with Crippen molar-refractivity contribution in [2.75, 3.05) is 26.2 Å². The van der Waals surface area contributed by atoms with Crippen molar-refractivity contribution in [2.24, 2.45) is 0 Å². The van der Waals surface area contributed by atoms with Crippen LogP contribution < -0.4 is 4.72 Å². The summed E-state index contributed by atoms with van der Waals surface area (Å²) in [6.45, 7) is 5.09. The van der Waals surface area contributed by atoms with Gasteiger partial charge in [0.15, 0.2) is 5.03 Å². The first kappa shape index (κ1) is 12.5. The molecule has 7 heteroatoms. The van der Waals surface area contributed by atoms with Crippen molar-refractivity contribution in [1.29, 1.82) is 0 Å². The monoisotopic (exact) mass is 258 g/mol.